The Labute approximate surface area is 274 Å². The lowest BCUT2D eigenvalue weighted by molar-refractivity contribution is -0.118. The maximum absolute atomic E-state index is 13.9. The van der Waals surface area contributed by atoms with E-state index in [2.05, 4.69) is 40.6 Å². The van der Waals surface area contributed by atoms with Gasteiger partial charge >= 0.3 is 0 Å². The lowest BCUT2D eigenvalue weighted by Gasteiger charge is -2.41. The second kappa shape index (κ2) is 13.1. The summed E-state index contributed by atoms with van der Waals surface area (Å²) in [6.07, 6.45) is 8.44. The smallest absolute Gasteiger partial charge is 0.275 e. The van der Waals surface area contributed by atoms with Gasteiger partial charge in [-0.1, -0.05) is 26.0 Å². The molecule has 0 aromatic carbocycles. The van der Waals surface area contributed by atoms with Gasteiger partial charge in [0.15, 0.2) is 0 Å². The predicted molar refractivity (Wildman–Crippen MR) is 179 cm³/mol. The van der Waals surface area contributed by atoms with E-state index in [0.717, 1.165) is 25.0 Å². The number of piperazine rings is 1. The quantitative estimate of drug-likeness (QED) is 0.416. The van der Waals surface area contributed by atoms with Crippen molar-refractivity contribution in [3.05, 3.63) is 88.3 Å². The van der Waals surface area contributed by atoms with Crippen LogP contribution in [-0.2, 0) is 23.2 Å². The van der Waals surface area contributed by atoms with Gasteiger partial charge in [0.25, 0.3) is 17.4 Å². The Bertz CT molecular complexity index is 1790. The number of aliphatic hydroxyl groups is 1. The van der Waals surface area contributed by atoms with Crippen LogP contribution in [0.4, 0.5) is 17.3 Å². The van der Waals surface area contributed by atoms with E-state index < -0.39 is 0 Å². The van der Waals surface area contributed by atoms with Crippen LogP contribution in [0.3, 0.4) is 0 Å². The average Bonchev–Trinajstić information content (AvgIpc) is 3.06. The van der Waals surface area contributed by atoms with E-state index in [1.54, 1.807) is 53.5 Å². The van der Waals surface area contributed by atoms with Crippen LogP contribution in [0.2, 0.25) is 0 Å². The molecule has 6 heterocycles. The highest BCUT2D eigenvalue weighted by molar-refractivity contribution is 6.06. The molecule has 6 rings (SSSR count). The number of hydrogen-bond donors (Lipinski definition) is 2. The SMILES string of the molecule is C=C1/C=C2/C(=O)N(c3nccc(-c4cc(Nc5ccc(C(=O)N6CCOCC6)cn5)c(=O)n(C)c4)c3CO)CCN2CCC(C)(C)C1. The Kier molecular flexibility index (Phi) is 8.98. The molecular weight excluding hydrogens is 598 g/mol. The van der Waals surface area contributed by atoms with Crippen molar-refractivity contribution in [3.63, 3.8) is 0 Å². The highest BCUT2D eigenvalue weighted by Crippen LogP contribution is 2.36. The zero-order chi connectivity index (χ0) is 33.3. The molecule has 3 aromatic heterocycles. The topological polar surface area (TPSA) is 133 Å². The number of carbonyl (C=O) groups is 2. The molecule has 246 valence electrons. The molecule has 2 N–H and O–H groups in total. The summed E-state index contributed by atoms with van der Waals surface area (Å²) in [6.45, 7) is 12.2. The van der Waals surface area contributed by atoms with Gasteiger partial charge in [0, 0.05) is 69.5 Å². The Balaban J connectivity index is 1.28. The molecule has 0 spiro atoms. The lowest BCUT2D eigenvalue weighted by Crippen LogP contribution is -2.50. The highest BCUT2D eigenvalue weighted by atomic mass is 16.5. The average molecular weight is 640 g/mol. The third kappa shape index (κ3) is 6.70. The van der Waals surface area contributed by atoms with Gasteiger partial charge < -0.3 is 29.5 Å². The van der Waals surface area contributed by atoms with Gasteiger partial charge in [0.05, 0.1) is 25.4 Å². The fourth-order valence-electron chi connectivity index (χ4n) is 6.46. The molecule has 0 saturated carbocycles. The van der Waals surface area contributed by atoms with Gasteiger partial charge in [-0.3, -0.25) is 19.3 Å². The molecule has 2 saturated heterocycles. The molecular formula is C35H41N7O5. The fraction of sp³-hybridized carbons (Fsp3) is 0.400. The van der Waals surface area contributed by atoms with E-state index >= 15 is 0 Å². The van der Waals surface area contributed by atoms with E-state index in [9.17, 15) is 19.5 Å². The third-order valence-electron chi connectivity index (χ3n) is 9.02. The van der Waals surface area contributed by atoms with E-state index in [0.29, 0.717) is 79.0 Å². The number of morpholine rings is 1. The summed E-state index contributed by atoms with van der Waals surface area (Å²) in [7, 11) is 1.65. The van der Waals surface area contributed by atoms with Crippen LogP contribution in [0.25, 0.3) is 11.1 Å². The maximum atomic E-state index is 13.9. The van der Waals surface area contributed by atoms with Crippen molar-refractivity contribution < 1.29 is 19.4 Å². The van der Waals surface area contributed by atoms with Crippen molar-refractivity contribution in [1.29, 1.82) is 0 Å². The number of hydrogen-bond acceptors (Lipinski definition) is 9. The predicted octanol–water partition coefficient (Wildman–Crippen LogP) is 3.46. The van der Waals surface area contributed by atoms with Crippen LogP contribution in [0, 0.1) is 5.41 Å². The molecule has 12 nitrogen and oxygen atoms in total. The summed E-state index contributed by atoms with van der Waals surface area (Å²) in [5.74, 6) is 0.487. The number of ether oxygens (including phenoxy) is 1. The van der Waals surface area contributed by atoms with E-state index in [1.807, 2.05) is 6.08 Å². The number of aromatic nitrogens is 3. The number of rotatable bonds is 6. The molecule has 3 aliphatic heterocycles. The number of anilines is 3. The van der Waals surface area contributed by atoms with Crippen LogP contribution >= 0.6 is 0 Å². The lowest BCUT2D eigenvalue weighted by atomic mass is 9.81. The van der Waals surface area contributed by atoms with Gasteiger partial charge in [0.1, 0.15) is 23.0 Å². The summed E-state index contributed by atoms with van der Waals surface area (Å²) in [5.41, 5.74) is 3.80. The van der Waals surface area contributed by atoms with E-state index in [4.69, 9.17) is 4.74 Å². The summed E-state index contributed by atoms with van der Waals surface area (Å²) < 4.78 is 6.78. The normalized spacial score (nSPS) is 19.4. The van der Waals surface area contributed by atoms with E-state index in [1.165, 1.54) is 10.8 Å². The second-order valence-corrected chi connectivity index (χ2v) is 13.1. The van der Waals surface area contributed by atoms with Crippen LogP contribution in [0.1, 0.15) is 42.6 Å². The molecule has 3 aromatic rings. The molecule has 0 aliphatic carbocycles. The van der Waals surface area contributed by atoms with Crippen molar-refractivity contribution in [1.82, 2.24) is 24.3 Å². The molecule has 0 unspecified atom stereocenters. The Morgan fingerprint density at radius 3 is 2.60 bits per heavy atom. The monoisotopic (exact) mass is 639 g/mol. The zero-order valence-corrected chi connectivity index (χ0v) is 27.2. The number of aryl methyl sites for hydroxylation is 1. The molecule has 47 heavy (non-hydrogen) atoms. The minimum atomic E-state index is -0.363. The first kappa shape index (κ1) is 32.1. The summed E-state index contributed by atoms with van der Waals surface area (Å²) >= 11 is 0. The first-order valence-electron chi connectivity index (χ1n) is 15.9. The number of fused-ring (bicyclic) bond motifs is 1. The number of amides is 2. The number of carbonyl (C=O) groups excluding carboxylic acids is 2. The molecule has 12 heteroatoms. The number of nitrogens with zero attached hydrogens (tertiary/aromatic N) is 6. The number of allylic oxidation sites excluding steroid dienone is 2. The van der Waals surface area contributed by atoms with Crippen molar-refractivity contribution in [2.24, 2.45) is 12.5 Å². The first-order valence-corrected chi connectivity index (χ1v) is 15.9. The van der Waals surface area contributed by atoms with Crippen LogP contribution < -0.4 is 15.8 Å². The van der Waals surface area contributed by atoms with Gasteiger partial charge in [-0.15, -0.1) is 0 Å². The van der Waals surface area contributed by atoms with Crippen molar-refractivity contribution in [2.45, 2.75) is 33.3 Å². The number of nitrogens with one attached hydrogen (secondary N) is 1. The van der Waals surface area contributed by atoms with Crippen molar-refractivity contribution in [2.75, 3.05) is 56.2 Å². The van der Waals surface area contributed by atoms with Gasteiger partial charge in [-0.2, -0.15) is 0 Å². The molecule has 2 fully saturated rings. The minimum absolute atomic E-state index is 0.102. The standard InChI is InChI=1S/C35H41N7O5/c1-23-17-29-34(46)42(12-11-40(29)10-8-35(2,3)19-23)31-27(22-43)26(7-9-36-31)25-18-28(33(45)39(4)21-25)38-30-6-5-24(20-37-30)32(44)41-13-15-47-16-14-41/h5-7,9,17-18,20-21,43H,1,8,10-16,19,22H2,2-4H3,(H,37,38)/b29-17-. The largest absolute Gasteiger partial charge is 0.392 e. The molecule has 0 bridgehead atoms. The van der Waals surface area contributed by atoms with E-state index in [-0.39, 0.29) is 35.1 Å². The van der Waals surface area contributed by atoms with Crippen LogP contribution in [-0.4, -0.2) is 87.2 Å². The maximum Gasteiger partial charge on any atom is 0.275 e. The third-order valence-corrected chi connectivity index (χ3v) is 9.02. The molecule has 0 atom stereocenters. The fourth-order valence-corrected chi connectivity index (χ4v) is 6.46. The van der Waals surface area contributed by atoms with Crippen molar-refractivity contribution >= 4 is 29.1 Å². The molecule has 2 amide bonds. The van der Waals surface area contributed by atoms with Gasteiger partial charge in [-0.05, 0) is 54.2 Å². The zero-order valence-electron chi connectivity index (χ0n) is 27.2. The van der Waals surface area contributed by atoms with Gasteiger partial charge in [-0.25, -0.2) is 9.97 Å². The van der Waals surface area contributed by atoms with Gasteiger partial charge in [0.2, 0.25) is 0 Å². The first-order chi connectivity index (χ1) is 22.5. The minimum Gasteiger partial charge on any atom is -0.392 e. The molecule has 3 aliphatic rings. The van der Waals surface area contributed by atoms with Crippen molar-refractivity contribution in [3.8, 4) is 11.1 Å². The summed E-state index contributed by atoms with van der Waals surface area (Å²) in [5, 5.41) is 13.7. The summed E-state index contributed by atoms with van der Waals surface area (Å²) in [6, 6.07) is 6.80. The second-order valence-electron chi connectivity index (χ2n) is 13.1. The number of pyridine rings is 3. The Hall–Kier alpha value is -4.81. The Morgan fingerprint density at radius 1 is 1.09 bits per heavy atom. The highest BCUT2D eigenvalue weighted by Gasteiger charge is 2.35. The van der Waals surface area contributed by atoms with Crippen LogP contribution in [0.15, 0.2) is 71.6 Å². The number of aliphatic hydroxyl groups excluding tert-OH is 1. The van der Waals surface area contributed by atoms with Crippen LogP contribution in [0.5, 0.6) is 0 Å². The molecule has 0 radical (unpaired) electrons. The summed E-state index contributed by atoms with van der Waals surface area (Å²) in [4.78, 5) is 54.4. The Morgan fingerprint density at radius 2 is 1.87 bits per heavy atom.